The molecule has 1 unspecified atom stereocenters. The zero-order valence-corrected chi connectivity index (χ0v) is 6.91. The van der Waals surface area contributed by atoms with E-state index in [2.05, 4.69) is 0 Å². The van der Waals surface area contributed by atoms with Crippen LogP contribution in [0.25, 0.3) is 0 Å². The number of hydrogen-bond acceptors (Lipinski definition) is 4. The summed E-state index contributed by atoms with van der Waals surface area (Å²) < 4.78 is 4.80. The number of ether oxygens (including phenoxy) is 1. The van der Waals surface area contributed by atoms with Gasteiger partial charge in [0.1, 0.15) is 6.23 Å². The molecule has 66 valence electrons. The molecule has 0 rings (SSSR count). The molecule has 0 aromatic heterocycles. The maximum atomic E-state index is 10.8. The van der Waals surface area contributed by atoms with Crippen LogP contribution in [-0.4, -0.2) is 23.4 Å². The van der Waals surface area contributed by atoms with E-state index >= 15 is 0 Å². The van der Waals surface area contributed by atoms with Gasteiger partial charge >= 0.3 is 5.97 Å². The van der Waals surface area contributed by atoms with Gasteiger partial charge in [-0.1, -0.05) is 0 Å². The van der Waals surface area contributed by atoms with E-state index in [9.17, 15) is 4.79 Å². The summed E-state index contributed by atoms with van der Waals surface area (Å²) in [4.78, 5) is 10.8. The Bertz CT molecular complexity index is 123. The van der Waals surface area contributed by atoms with E-state index in [0.29, 0.717) is 0 Å². The van der Waals surface area contributed by atoms with E-state index in [1.54, 1.807) is 13.8 Å². The zero-order valence-electron chi connectivity index (χ0n) is 6.91. The van der Waals surface area contributed by atoms with Gasteiger partial charge < -0.3 is 15.6 Å². The Hall–Kier alpha value is -0.610. The first-order valence-electron chi connectivity index (χ1n) is 3.65. The van der Waals surface area contributed by atoms with Crippen molar-refractivity contribution in [2.45, 2.75) is 39.0 Å². The minimum Gasteiger partial charge on any atom is -0.463 e. The van der Waals surface area contributed by atoms with Crippen molar-refractivity contribution < 1.29 is 14.6 Å². The van der Waals surface area contributed by atoms with Crippen LogP contribution in [0.5, 0.6) is 0 Å². The van der Waals surface area contributed by atoms with Gasteiger partial charge in [-0.25, -0.2) is 0 Å². The van der Waals surface area contributed by atoms with Crippen LogP contribution in [0, 0.1) is 0 Å². The molecule has 0 saturated heterocycles. The summed E-state index contributed by atoms with van der Waals surface area (Å²) in [6.45, 7) is 3.55. The largest absolute Gasteiger partial charge is 0.463 e. The molecule has 0 heterocycles. The third-order valence-electron chi connectivity index (χ3n) is 1.01. The van der Waals surface area contributed by atoms with Gasteiger partial charge in [-0.3, -0.25) is 4.79 Å². The van der Waals surface area contributed by atoms with Crippen LogP contribution in [0.15, 0.2) is 0 Å². The second-order valence-electron chi connectivity index (χ2n) is 2.64. The number of esters is 1. The third kappa shape index (κ3) is 7.29. The van der Waals surface area contributed by atoms with E-state index in [-0.39, 0.29) is 24.9 Å². The van der Waals surface area contributed by atoms with Gasteiger partial charge in [-0.2, -0.15) is 0 Å². The Morgan fingerprint density at radius 3 is 2.55 bits per heavy atom. The molecule has 0 aromatic carbocycles. The maximum Gasteiger partial charge on any atom is 0.306 e. The molecule has 0 saturated carbocycles. The Morgan fingerprint density at radius 1 is 1.64 bits per heavy atom. The summed E-state index contributed by atoms with van der Waals surface area (Å²) >= 11 is 0. The molecule has 0 radical (unpaired) electrons. The van der Waals surface area contributed by atoms with Crippen molar-refractivity contribution in [2.75, 3.05) is 0 Å². The number of aliphatic hydroxyl groups is 1. The predicted molar refractivity (Wildman–Crippen MR) is 40.7 cm³/mol. The molecule has 0 spiro atoms. The SMILES string of the molecule is CC(C)OC(=O)CCC(N)O. The van der Waals surface area contributed by atoms with E-state index in [4.69, 9.17) is 15.6 Å². The Kier molecular flexibility index (Phi) is 4.81. The second kappa shape index (κ2) is 5.09. The van der Waals surface area contributed by atoms with E-state index < -0.39 is 6.23 Å². The predicted octanol–water partition coefficient (Wildman–Crippen LogP) is -0.00470. The number of rotatable bonds is 4. The Morgan fingerprint density at radius 2 is 2.18 bits per heavy atom. The normalized spacial score (nSPS) is 13.2. The number of carbonyl (C=O) groups is 1. The molecule has 0 aliphatic heterocycles. The van der Waals surface area contributed by atoms with Crippen LogP contribution in [0.2, 0.25) is 0 Å². The lowest BCUT2D eigenvalue weighted by atomic mass is 10.3. The van der Waals surface area contributed by atoms with E-state index in [0.717, 1.165) is 0 Å². The Labute approximate surface area is 66.3 Å². The topological polar surface area (TPSA) is 72.5 Å². The Balaban J connectivity index is 3.38. The van der Waals surface area contributed by atoms with Gasteiger partial charge in [-0.05, 0) is 20.3 Å². The molecular formula is C7H15NO3. The van der Waals surface area contributed by atoms with Gasteiger partial charge in [0.05, 0.1) is 6.10 Å². The van der Waals surface area contributed by atoms with Gasteiger partial charge in [0.25, 0.3) is 0 Å². The fraction of sp³-hybridized carbons (Fsp3) is 0.857. The highest BCUT2D eigenvalue weighted by Gasteiger charge is 2.06. The van der Waals surface area contributed by atoms with Crippen molar-refractivity contribution in [1.29, 1.82) is 0 Å². The first-order chi connectivity index (χ1) is 5.02. The summed E-state index contributed by atoms with van der Waals surface area (Å²) in [6, 6.07) is 0. The smallest absolute Gasteiger partial charge is 0.306 e. The van der Waals surface area contributed by atoms with Crippen molar-refractivity contribution >= 4 is 5.97 Å². The molecule has 1 atom stereocenters. The molecule has 0 bridgehead atoms. The summed E-state index contributed by atoms with van der Waals surface area (Å²) in [7, 11) is 0. The van der Waals surface area contributed by atoms with Crippen molar-refractivity contribution in [3.8, 4) is 0 Å². The summed E-state index contributed by atoms with van der Waals surface area (Å²) in [5.74, 6) is -0.315. The van der Waals surface area contributed by atoms with Crippen molar-refractivity contribution in [2.24, 2.45) is 5.73 Å². The van der Waals surface area contributed by atoms with Gasteiger partial charge in [0.15, 0.2) is 0 Å². The average Bonchev–Trinajstić information content (AvgIpc) is 1.82. The highest BCUT2D eigenvalue weighted by molar-refractivity contribution is 5.69. The van der Waals surface area contributed by atoms with Gasteiger partial charge in [0, 0.05) is 6.42 Å². The number of aliphatic hydroxyl groups excluding tert-OH is 1. The number of hydrogen-bond donors (Lipinski definition) is 2. The quantitative estimate of drug-likeness (QED) is 0.449. The highest BCUT2D eigenvalue weighted by atomic mass is 16.5. The van der Waals surface area contributed by atoms with E-state index in [1.165, 1.54) is 0 Å². The molecule has 11 heavy (non-hydrogen) atoms. The molecule has 4 nitrogen and oxygen atoms in total. The van der Waals surface area contributed by atoms with Crippen molar-refractivity contribution in [3.05, 3.63) is 0 Å². The average molecular weight is 161 g/mol. The summed E-state index contributed by atoms with van der Waals surface area (Å²) in [6.07, 6.45) is -0.589. The fourth-order valence-electron chi connectivity index (χ4n) is 0.588. The first kappa shape index (κ1) is 10.4. The summed E-state index contributed by atoms with van der Waals surface area (Å²) in [5, 5.41) is 8.61. The first-order valence-corrected chi connectivity index (χ1v) is 3.65. The zero-order chi connectivity index (χ0) is 8.85. The monoisotopic (exact) mass is 161 g/mol. The number of nitrogens with two attached hydrogens (primary N) is 1. The minimum atomic E-state index is -0.922. The molecule has 0 amide bonds. The van der Waals surface area contributed by atoms with E-state index in [1.807, 2.05) is 0 Å². The molecule has 0 aliphatic rings. The molecule has 0 aliphatic carbocycles. The van der Waals surface area contributed by atoms with Crippen LogP contribution in [0.3, 0.4) is 0 Å². The van der Waals surface area contributed by atoms with Gasteiger partial charge in [-0.15, -0.1) is 0 Å². The van der Waals surface area contributed by atoms with Crippen LogP contribution in [0.4, 0.5) is 0 Å². The molecule has 0 aromatic rings. The maximum absolute atomic E-state index is 10.8. The van der Waals surface area contributed by atoms with Gasteiger partial charge in [0.2, 0.25) is 0 Å². The lowest BCUT2D eigenvalue weighted by molar-refractivity contribution is -0.148. The lowest BCUT2D eigenvalue weighted by Gasteiger charge is -2.08. The molecule has 4 heteroatoms. The van der Waals surface area contributed by atoms with Crippen molar-refractivity contribution in [1.82, 2.24) is 0 Å². The van der Waals surface area contributed by atoms with Crippen LogP contribution in [-0.2, 0) is 9.53 Å². The minimum absolute atomic E-state index is 0.0996. The summed E-state index contributed by atoms with van der Waals surface area (Å²) in [5.41, 5.74) is 5.02. The highest BCUT2D eigenvalue weighted by Crippen LogP contribution is 1.97. The van der Waals surface area contributed by atoms with Crippen LogP contribution in [0.1, 0.15) is 26.7 Å². The lowest BCUT2D eigenvalue weighted by Crippen LogP contribution is -2.21. The standard InChI is InChI=1S/C7H15NO3/c1-5(2)11-7(10)4-3-6(8)9/h5-6,9H,3-4,8H2,1-2H3. The second-order valence-corrected chi connectivity index (χ2v) is 2.64. The molecular weight excluding hydrogens is 146 g/mol. The molecule has 0 fully saturated rings. The third-order valence-corrected chi connectivity index (χ3v) is 1.01. The molecule has 3 N–H and O–H groups in total. The van der Waals surface area contributed by atoms with Crippen LogP contribution < -0.4 is 5.73 Å². The fourth-order valence-corrected chi connectivity index (χ4v) is 0.588. The van der Waals surface area contributed by atoms with Crippen molar-refractivity contribution in [3.63, 3.8) is 0 Å². The van der Waals surface area contributed by atoms with Crippen LogP contribution >= 0.6 is 0 Å². The number of carbonyl (C=O) groups excluding carboxylic acids is 1.